The first-order valence-electron chi connectivity index (χ1n) is 7.61. The molecular weight excluding hydrogens is 410 g/mol. The van der Waals surface area contributed by atoms with E-state index in [4.69, 9.17) is 0 Å². The number of hydrogen-bond donors (Lipinski definition) is 4. The molecule has 3 rings (SSSR count). The highest BCUT2D eigenvalue weighted by Crippen LogP contribution is 2.43. The number of phenolic OH excluding ortho intramolecular Hbond substituents is 1. The van der Waals surface area contributed by atoms with Crippen LogP contribution in [0.5, 0.6) is 5.75 Å². The smallest absolute Gasteiger partial charge is 0.298 e. The topological polar surface area (TPSA) is 158 Å². The molecule has 0 saturated heterocycles. The van der Waals surface area contributed by atoms with Crippen LogP contribution in [0.25, 0.3) is 10.8 Å². The quantitative estimate of drug-likeness (QED) is 0.367. The molecule has 3 aromatic rings. The van der Waals surface area contributed by atoms with Crippen molar-refractivity contribution in [3.8, 4) is 5.75 Å². The normalized spacial score (nSPS) is 12.1. The number of amides is 1. The highest BCUT2D eigenvalue weighted by atomic mass is 32.2. The van der Waals surface area contributed by atoms with Crippen molar-refractivity contribution in [2.24, 2.45) is 0 Å². The molecule has 0 aliphatic heterocycles. The van der Waals surface area contributed by atoms with Crippen LogP contribution in [-0.4, -0.2) is 37.0 Å². The first-order chi connectivity index (χ1) is 13.0. The summed E-state index contributed by atoms with van der Waals surface area (Å²) >= 11 is 0. The molecule has 0 spiro atoms. The SMILES string of the molecule is O=C(Nc1c(S(=O)(=O)O)c(S(=O)(=O)O)c2ccccc2c1O)c1ccccc1. The fourth-order valence-corrected chi connectivity index (χ4v) is 4.93. The van der Waals surface area contributed by atoms with E-state index < -0.39 is 47.4 Å². The summed E-state index contributed by atoms with van der Waals surface area (Å²) in [6.45, 7) is 0. The number of benzene rings is 3. The molecule has 146 valence electrons. The number of anilines is 1. The van der Waals surface area contributed by atoms with Crippen LogP contribution in [0.15, 0.2) is 64.4 Å². The van der Waals surface area contributed by atoms with Crippen LogP contribution >= 0.6 is 0 Å². The number of carbonyl (C=O) groups excluding carboxylic acids is 1. The number of fused-ring (bicyclic) bond motifs is 1. The third-order valence-corrected chi connectivity index (χ3v) is 5.88. The molecule has 4 N–H and O–H groups in total. The van der Waals surface area contributed by atoms with Gasteiger partial charge in [-0.3, -0.25) is 13.9 Å². The van der Waals surface area contributed by atoms with Gasteiger partial charge in [-0.05, 0) is 12.1 Å². The summed E-state index contributed by atoms with van der Waals surface area (Å²) in [6.07, 6.45) is 0. The second-order valence-electron chi connectivity index (χ2n) is 5.70. The van der Waals surface area contributed by atoms with Crippen LogP contribution in [0.1, 0.15) is 10.4 Å². The van der Waals surface area contributed by atoms with Crippen molar-refractivity contribution in [3.63, 3.8) is 0 Å². The first-order valence-corrected chi connectivity index (χ1v) is 10.5. The maximum absolute atomic E-state index is 12.4. The largest absolute Gasteiger partial charge is 0.505 e. The molecule has 11 heteroatoms. The van der Waals surface area contributed by atoms with Crippen LogP contribution in [0.3, 0.4) is 0 Å². The molecule has 0 saturated carbocycles. The molecule has 0 aliphatic rings. The Morgan fingerprint density at radius 2 is 1.25 bits per heavy atom. The number of carbonyl (C=O) groups is 1. The number of rotatable bonds is 4. The van der Waals surface area contributed by atoms with Crippen LogP contribution in [0.4, 0.5) is 5.69 Å². The minimum atomic E-state index is -5.30. The molecule has 0 aliphatic carbocycles. The van der Waals surface area contributed by atoms with Gasteiger partial charge in [-0.15, -0.1) is 0 Å². The summed E-state index contributed by atoms with van der Waals surface area (Å²) in [5.74, 6) is -1.67. The van der Waals surface area contributed by atoms with Gasteiger partial charge >= 0.3 is 0 Å². The highest BCUT2D eigenvalue weighted by Gasteiger charge is 2.34. The van der Waals surface area contributed by atoms with Crippen LogP contribution in [0.2, 0.25) is 0 Å². The second-order valence-corrected chi connectivity index (χ2v) is 8.41. The average Bonchev–Trinajstić information content (AvgIpc) is 2.62. The summed E-state index contributed by atoms with van der Waals surface area (Å²) in [4.78, 5) is 9.93. The Labute approximate surface area is 159 Å². The van der Waals surface area contributed by atoms with E-state index in [0.717, 1.165) is 6.07 Å². The van der Waals surface area contributed by atoms with E-state index in [1.54, 1.807) is 6.07 Å². The lowest BCUT2D eigenvalue weighted by Gasteiger charge is -2.17. The van der Waals surface area contributed by atoms with Gasteiger partial charge in [0.15, 0.2) is 0 Å². The van der Waals surface area contributed by atoms with Crippen molar-refractivity contribution in [1.82, 2.24) is 0 Å². The number of hydrogen-bond acceptors (Lipinski definition) is 6. The van der Waals surface area contributed by atoms with Gasteiger partial charge in [0.2, 0.25) is 0 Å². The highest BCUT2D eigenvalue weighted by molar-refractivity contribution is 7.89. The number of aromatic hydroxyl groups is 1. The third kappa shape index (κ3) is 3.55. The van der Waals surface area contributed by atoms with Gasteiger partial charge < -0.3 is 10.4 Å². The zero-order valence-corrected chi connectivity index (χ0v) is 15.5. The minimum absolute atomic E-state index is 0.0738. The van der Waals surface area contributed by atoms with Crippen molar-refractivity contribution in [2.75, 3.05) is 5.32 Å². The Bertz CT molecular complexity index is 1300. The molecule has 28 heavy (non-hydrogen) atoms. The fourth-order valence-electron chi connectivity index (χ4n) is 2.76. The predicted octanol–water partition coefficient (Wildman–Crippen LogP) is 2.29. The van der Waals surface area contributed by atoms with E-state index in [0.29, 0.717) is 0 Å². The monoisotopic (exact) mass is 423 g/mol. The summed E-state index contributed by atoms with van der Waals surface area (Å²) in [5, 5.41) is 12.1. The third-order valence-electron chi connectivity index (χ3n) is 3.89. The Hall–Kier alpha value is -2.99. The minimum Gasteiger partial charge on any atom is -0.505 e. The summed E-state index contributed by atoms with van der Waals surface area (Å²) < 4.78 is 67.0. The van der Waals surface area contributed by atoms with Crippen molar-refractivity contribution >= 4 is 42.6 Å². The maximum atomic E-state index is 12.4. The molecule has 3 aromatic carbocycles. The molecule has 0 bridgehead atoms. The van der Waals surface area contributed by atoms with Crippen LogP contribution < -0.4 is 5.32 Å². The Morgan fingerprint density at radius 1 is 0.750 bits per heavy atom. The van der Waals surface area contributed by atoms with Crippen molar-refractivity contribution in [3.05, 3.63) is 60.2 Å². The lowest BCUT2D eigenvalue weighted by atomic mass is 10.1. The van der Waals surface area contributed by atoms with E-state index in [1.165, 1.54) is 42.5 Å². The first kappa shape index (κ1) is 19.8. The number of nitrogens with one attached hydrogen (secondary N) is 1. The van der Waals surface area contributed by atoms with Gasteiger partial charge in [0.25, 0.3) is 26.1 Å². The van der Waals surface area contributed by atoms with Gasteiger partial charge in [0.1, 0.15) is 21.2 Å². The van der Waals surface area contributed by atoms with E-state index >= 15 is 0 Å². The van der Waals surface area contributed by atoms with E-state index in [9.17, 15) is 35.8 Å². The molecule has 0 unspecified atom stereocenters. The van der Waals surface area contributed by atoms with E-state index in [-0.39, 0.29) is 16.3 Å². The van der Waals surface area contributed by atoms with E-state index in [1.807, 2.05) is 0 Å². The fraction of sp³-hybridized carbons (Fsp3) is 0. The molecule has 0 heterocycles. The molecule has 0 radical (unpaired) electrons. The summed E-state index contributed by atoms with van der Waals surface area (Å²) in [6, 6.07) is 12.6. The van der Waals surface area contributed by atoms with Gasteiger partial charge in [-0.25, -0.2) is 0 Å². The predicted molar refractivity (Wildman–Crippen MR) is 99.6 cm³/mol. The Balaban J connectivity index is 2.42. The standard InChI is InChI=1S/C17H13NO8S2/c19-14-11-8-4-5-9-12(11)15(27(21,22)23)16(28(24,25)26)13(14)18-17(20)10-6-2-1-3-7-10/h1-9,19H,(H,18,20)(H,21,22,23)(H,24,25,26). The second kappa shape index (κ2) is 6.87. The molecule has 9 nitrogen and oxygen atoms in total. The molecule has 1 amide bonds. The van der Waals surface area contributed by atoms with Gasteiger partial charge in [0, 0.05) is 16.3 Å². The Morgan fingerprint density at radius 3 is 1.79 bits per heavy atom. The summed E-state index contributed by atoms with van der Waals surface area (Å²) in [5.41, 5.74) is -0.799. The van der Waals surface area contributed by atoms with Crippen LogP contribution in [-0.2, 0) is 20.2 Å². The number of phenols is 1. The van der Waals surface area contributed by atoms with Gasteiger partial charge in [-0.1, -0.05) is 42.5 Å². The van der Waals surface area contributed by atoms with Crippen LogP contribution in [0, 0.1) is 0 Å². The maximum Gasteiger partial charge on any atom is 0.298 e. The molecule has 0 fully saturated rings. The van der Waals surface area contributed by atoms with Crippen molar-refractivity contribution in [2.45, 2.75) is 9.79 Å². The van der Waals surface area contributed by atoms with Gasteiger partial charge in [-0.2, -0.15) is 16.8 Å². The van der Waals surface area contributed by atoms with Crippen molar-refractivity contribution in [1.29, 1.82) is 0 Å². The lowest BCUT2D eigenvalue weighted by Crippen LogP contribution is -2.18. The zero-order valence-electron chi connectivity index (χ0n) is 13.9. The lowest BCUT2D eigenvalue weighted by molar-refractivity contribution is 0.102. The zero-order chi connectivity index (χ0) is 20.7. The molecular formula is C17H13NO8S2. The Kier molecular flexibility index (Phi) is 4.85. The van der Waals surface area contributed by atoms with E-state index in [2.05, 4.69) is 5.32 Å². The molecule has 0 atom stereocenters. The summed E-state index contributed by atoms with van der Waals surface area (Å²) in [7, 11) is -10.5. The molecule has 0 aromatic heterocycles. The van der Waals surface area contributed by atoms with Gasteiger partial charge in [0.05, 0.1) is 0 Å². The van der Waals surface area contributed by atoms with Crippen molar-refractivity contribution < 1.29 is 35.8 Å². The average molecular weight is 423 g/mol.